The number of benzene rings is 2. The summed E-state index contributed by atoms with van der Waals surface area (Å²) in [5, 5.41) is 1.03. The molecule has 0 saturated carbocycles. The van der Waals surface area contributed by atoms with Gasteiger partial charge in [0.15, 0.2) is 0 Å². The molecule has 22 heavy (non-hydrogen) atoms. The van der Waals surface area contributed by atoms with Crippen LogP contribution in [0.1, 0.15) is 27.9 Å². The molecule has 0 unspecified atom stereocenters. The molecule has 3 nitrogen and oxygen atoms in total. The van der Waals surface area contributed by atoms with Crippen molar-refractivity contribution in [2.24, 2.45) is 0 Å². The molecule has 1 amide bonds. The number of hydrogen-bond donors (Lipinski definition) is 0. The number of carbonyl (C=O) groups excluding carboxylic acids is 1. The van der Waals surface area contributed by atoms with E-state index in [0.717, 1.165) is 32.9 Å². The van der Waals surface area contributed by atoms with Crippen molar-refractivity contribution in [3.8, 4) is 0 Å². The molecule has 1 aromatic heterocycles. The fourth-order valence-corrected chi connectivity index (χ4v) is 4.05. The van der Waals surface area contributed by atoms with Crippen molar-refractivity contribution in [1.29, 1.82) is 0 Å². The zero-order chi connectivity index (χ0) is 15.3. The highest BCUT2D eigenvalue weighted by molar-refractivity contribution is 7.18. The second-order valence-electron chi connectivity index (χ2n) is 5.77. The van der Waals surface area contributed by atoms with Crippen LogP contribution in [0.25, 0.3) is 10.2 Å². The van der Waals surface area contributed by atoms with Gasteiger partial charge in [-0.05, 0) is 50.1 Å². The number of anilines is 1. The van der Waals surface area contributed by atoms with E-state index in [1.807, 2.05) is 48.2 Å². The van der Waals surface area contributed by atoms with Gasteiger partial charge in [-0.15, -0.1) is 11.3 Å². The second-order valence-corrected chi connectivity index (χ2v) is 7.01. The number of nitrogens with zero attached hydrogens (tertiary/aromatic N) is 2. The van der Waals surface area contributed by atoms with E-state index in [4.69, 9.17) is 0 Å². The van der Waals surface area contributed by atoms with E-state index in [2.05, 4.69) is 18.0 Å². The van der Waals surface area contributed by atoms with E-state index in [9.17, 15) is 4.79 Å². The molecule has 3 aromatic rings. The molecule has 0 fully saturated rings. The highest BCUT2D eigenvalue weighted by Gasteiger charge is 2.31. The summed E-state index contributed by atoms with van der Waals surface area (Å²) in [6.45, 7) is 4.10. The first-order valence-electron chi connectivity index (χ1n) is 7.42. The minimum Gasteiger partial charge on any atom is -0.305 e. The Hall–Kier alpha value is -2.20. The predicted octanol–water partition coefficient (Wildman–Crippen LogP) is 4.20. The first-order chi connectivity index (χ1) is 10.6. The number of carbonyl (C=O) groups is 1. The van der Waals surface area contributed by atoms with Crippen LogP contribution >= 0.6 is 11.3 Å². The van der Waals surface area contributed by atoms with E-state index in [-0.39, 0.29) is 11.9 Å². The third kappa shape index (κ3) is 2.03. The summed E-state index contributed by atoms with van der Waals surface area (Å²) < 4.78 is 1.07. The smallest absolute Gasteiger partial charge is 0.258 e. The molecule has 1 aliphatic rings. The van der Waals surface area contributed by atoms with Gasteiger partial charge in [0.2, 0.25) is 0 Å². The molecule has 0 saturated heterocycles. The van der Waals surface area contributed by atoms with Crippen LogP contribution in [0.4, 0.5) is 5.69 Å². The summed E-state index contributed by atoms with van der Waals surface area (Å²) in [6.07, 6.45) is 0.920. The van der Waals surface area contributed by atoms with Crippen molar-refractivity contribution in [2.75, 3.05) is 4.90 Å². The number of amides is 1. The average Bonchev–Trinajstić information content (AvgIpc) is 3.03. The van der Waals surface area contributed by atoms with Gasteiger partial charge in [0, 0.05) is 17.3 Å². The minimum absolute atomic E-state index is 0.0744. The van der Waals surface area contributed by atoms with E-state index in [1.54, 1.807) is 11.3 Å². The van der Waals surface area contributed by atoms with Crippen LogP contribution in [-0.2, 0) is 6.42 Å². The van der Waals surface area contributed by atoms with Gasteiger partial charge in [0.1, 0.15) is 0 Å². The zero-order valence-corrected chi connectivity index (χ0v) is 13.4. The molecule has 4 heteroatoms. The largest absolute Gasteiger partial charge is 0.305 e. The Balaban J connectivity index is 1.76. The van der Waals surface area contributed by atoms with Crippen molar-refractivity contribution in [3.05, 3.63) is 58.6 Å². The molecule has 0 bridgehead atoms. The lowest BCUT2D eigenvalue weighted by molar-refractivity contribution is 0.0981. The molecule has 2 heterocycles. The Morgan fingerprint density at radius 2 is 2.09 bits per heavy atom. The lowest BCUT2D eigenvalue weighted by atomic mass is 10.1. The van der Waals surface area contributed by atoms with Crippen LogP contribution in [0.15, 0.2) is 42.5 Å². The van der Waals surface area contributed by atoms with Crippen molar-refractivity contribution >= 4 is 33.1 Å². The summed E-state index contributed by atoms with van der Waals surface area (Å²) in [5.74, 6) is 0.0744. The average molecular weight is 308 g/mol. The number of fused-ring (bicyclic) bond motifs is 2. The molecule has 0 N–H and O–H groups in total. The third-order valence-electron chi connectivity index (χ3n) is 4.17. The molecule has 4 rings (SSSR count). The van der Waals surface area contributed by atoms with Crippen LogP contribution in [-0.4, -0.2) is 16.9 Å². The fourth-order valence-electron chi connectivity index (χ4n) is 3.19. The quantitative estimate of drug-likeness (QED) is 0.675. The Morgan fingerprint density at radius 3 is 2.95 bits per heavy atom. The molecular weight excluding hydrogens is 292 g/mol. The van der Waals surface area contributed by atoms with Gasteiger partial charge in [-0.25, -0.2) is 4.98 Å². The number of hydrogen-bond acceptors (Lipinski definition) is 3. The van der Waals surface area contributed by atoms with Crippen LogP contribution in [0, 0.1) is 6.92 Å². The number of rotatable bonds is 1. The summed E-state index contributed by atoms with van der Waals surface area (Å²) >= 11 is 1.63. The third-order valence-corrected chi connectivity index (χ3v) is 5.10. The monoisotopic (exact) mass is 308 g/mol. The first kappa shape index (κ1) is 13.5. The number of aryl methyl sites for hydroxylation is 1. The van der Waals surface area contributed by atoms with E-state index < -0.39 is 0 Å². The second kappa shape index (κ2) is 4.92. The van der Waals surface area contributed by atoms with Crippen LogP contribution in [0.3, 0.4) is 0 Å². The van der Waals surface area contributed by atoms with Gasteiger partial charge in [-0.3, -0.25) is 4.79 Å². The summed E-state index contributed by atoms with van der Waals surface area (Å²) in [5.41, 5.74) is 3.99. The Kier molecular flexibility index (Phi) is 3.01. The fraction of sp³-hybridized carbons (Fsp3) is 0.222. The van der Waals surface area contributed by atoms with Gasteiger partial charge in [-0.1, -0.05) is 18.2 Å². The van der Waals surface area contributed by atoms with Gasteiger partial charge < -0.3 is 4.90 Å². The first-order valence-corrected chi connectivity index (χ1v) is 8.24. The highest BCUT2D eigenvalue weighted by Crippen LogP contribution is 2.33. The molecule has 0 aliphatic carbocycles. The normalized spacial score (nSPS) is 17.0. The van der Waals surface area contributed by atoms with Crippen molar-refractivity contribution < 1.29 is 4.79 Å². The summed E-state index contributed by atoms with van der Waals surface area (Å²) in [7, 11) is 0. The minimum atomic E-state index is 0.0744. The van der Waals surface area contributed by atoms with Gasteiger partial charge in [0.25, 0.3) is 5.91 Å². The van der Waals surface area contributed by atoms with E-state index >= 15 is 0 Å². The lowest BCUT2D eigenvalue weighted by Gasteiger charge is -2.22. The van der Waals surface area contributed by atoms with Gasteiger partial charge >= 0.3 is 0 Å². The van der Waals surface area contributed by atoms with Crippen LogP contribution in [0.5, 0.6) is 0 Å². The Labute approximate surface area is 133 Å². The molecule has 110 valence electrons. The van der Waals surface area contributed by atoms with Gasteiger partial charge in [-0.2, -0.15) is 0 Å². The van der Waals surface area contributed by atoms with Crippen LogP contribution < -0.4 is 4.90 Å². The standard InChI is InChI=1S/C18H16N2OS/c1-11-9-13-5-3-4-6-16(13)20(11)18(21)14-7-8-15-17(10-14)22-12(2)19-15/h3-8,10-11H,9H2,1-2H3/t11-/m1/s1. The lowest BCUT2D eigenvalue weighted by Crippen LogP contribution is -2.35. The Bertz CT molecular complexity index is 884. The SMILES string of the molecule is Cc1nc2ccc(C(=O)N3c4ccccc4C[C@H]3C)cc2s1. The molecule has 1 aliphatic heterocycles. The topological polar surface area (TPSA) is 33.2 Å². The molecule has 0 spiro atoms. The molecule has 0 radical (unpaired) electrons. The summed E-state index contributed by atoms with van der Waals surface area (Å²) in [6, 6.07) is 14.2. The summed E-state index contributed by atoms with van der Waals surface area (Å²) in [4.78, 5) is 19.4. The maximum Gasteiger partial charge on any atom is 0.258 e. The van der Waals surface area contributed by atoms with Crippen molar-refractivity contribution in [2.45, 2.75) is 26.3 Å². The van der Waals surface area contributed by atoms with Crippen LogP contribution in [0.2, 0.25) is 0 Å². The Morgan fingerprint density at radius 1 is 1.27 bits per heavy atom. The maximum atomic E-state index is 13.0. The van der Waals surface area contributed by atoms with Crippen molar-refractivity contribution in [3.63, 3.8) is 0 Å². The predicted molar refractivity (Wildman–Crippen MR) is 90.8 cm³/mol. The molecular formula is C18H16N2OS. The number of thiazole rings is 1. The van der Waals surface area contributed by atoms with E-state index in [0.29, 0.717) is 0 Å². The van der Waals surface area contributed by atoms with Gasteiger partial charge in [0.05, 0.1) is 15.2 Å². The highest BCUT2D eigenvalue weighted by atomic mass is 32.1. The molecule has 1 atom stereocenters. The zero-order valence-electron chi connectivity index (χ0n) is 12.5. The molecule has 2 aromatic carbocycles. The van der Waals surface area contributed by atoms with E-state index in [1.165, 1.54) is 5.56 Å². The number of aromatic nitrogens is 1. The number of para-hydroxylation sites is 1. The van der Waals surface area contributed by atoms with Crippen molar-refractivity contribution in [1.82, 2.24) is 4.98 Å². The maximum absolute atomic E-state index is 13.0.